The summed E-state index contributed by atoms with van der Waals surface area (Å²) in [6.07, 6.45) is -0.607. The third-order valence-corrected chi connectivity index (χ3v) is 3.39. The molecule has 7 nitrogen and oxygen atoms in total. The summed E-state index contributed by atoms with van der Waals surface area (Å²) in [5, 5.41) is 12.2. The molecule has 1 atom stereocenters. The van der Waals surface area contributed by atoms with Crippen molar-refractivity contribution < 1.29 is 29.0 Å². The van der Waals surface area contributed by atoms with E-state index in [-0.39, 0.29) is 18.9 Å². The van der Waals surface area contributed by atoms with Gasteiger partial charge in [-0.05, 0) is 24.1 Å². The van der Waals surface area contributed by atoms with E-state index in [1.165, 1.54) is 0 Å². The molecule has 0 aliphatic rings. The fraction of sp³-hybridized carbons (Fsp3) is 0.438. The van der Waals surface area contributed by atoms with E-state index in [1.54, 1.807) is 38.1 Å². The number of benzene rings is 1. The number of rotatable bonds is 8. The van der Waals surface area contributed by atoms with Crippen molar-refractivity contribution in [1.82, 2.24) is 5.32 Å². The Hall–Kier alpha value is -2.28. The molecule has 132 valence electrons. The molecule has 8 heteroatoms. The predicted octanol–water partition coefficient (Wildman–Crippen LogP) is 2.78. The number of alkyl carbamates (subject to hydrolysis) is 1. The Kier molecular flexibility index (Phi) is 8.05. The Bertz CT molecular complexity index is 572. The van der Waals surface area contributed by atoms with Gasteiger partial charge in [-0.3, -0.25) is 9.59 Å². The summed E-state index contributed by atoms with van der Waals surface area (Å²) in [6.45, 7) is 2.93. The number of amides is 1. The van der Waals surface area contributed by atoms with E-state index in [0.29, 0.717) is 10.6 Å². The van der Waals surface area contributed by atoms with Crippen molar-refractivity contribution >= 4 is 29.6 Å². The second kappa shape index (κ2) is 9.77. The molecule has 0 radical (unpaired) electrons. The lowest BCUT2D eigenvalue weighted by Crippen LogP contribution is -2.29. The molecule has 0 aromatic heterocycles. The maximum absolute atomic E-state index is 11.4. The quantitative estimate of drug-likeness (QED) is 0.548. The van der Waals surface area contributed by atoms with Crippen LogP contribution in [-0.2, 0) is 19.1 Å². The van der Waals surface area contributed by atoms with Crippen LogP contribution in [0.15, 0.2) is 24.3 Å². The number of carboxylic acids is 1. The van der Waals surface area contributed by atoms with E-state index < -0.39 is 30.7 Å². The van der Waals surface area contributed by atoms with Gasteiger partial charge in [0.25, 0.3) is 0 Å². The van der Waals surface area contributed by atoms with Crippen molar-refractivity contribution in [2.75, 3.05) is 13.3 Å². The van der Waals surface area contributed by atoms with E-state index in [9.17, 15) is 19.5 Å². The van der Waals surface area contributed by atoms with Crippen LogP contribution < -0.4 is 5.32 Å². The van der Waals surface area contributed by atoms with Gasteiger partial charge in [0.1, 0.15) is 0 Å². The zero-order valence-corrected chi connectivity index (χ0v) is 14.2. The summed E-state index contributed by atoms with van der Waals surface area (Å²) in [4.78, 5) is 33.9. The molecule has 0 heterocycles. The number of carbonyl (C=O) groups is 3. The third-order valence-electron chi connectivity index (χ3n) is 3.14. The molecular weight excluding hydrogens is 338 g/mol. The molecule has 0 aliphatic carbocycles. The summed E-state index contributed by atoms with van der Waals surface area (Å²) < 4.78 is 9.36. The number of esters is 1. The minimum atomic E-state index is -1.00. The molecule has 1 rings (SSSR count). The van der Waals surface area contributed by atoms with Crippen molar-refractivity contribution in [2.24, 2.45) is 5.92 Å². The van der Waals surface area contributed by atoms with Gasteiger partial charge in [-0.25, -0.2) is 4.79 Å². The van der Waals surface area contributed by atoms with Gasteiger partial charge in [-0.1, -0.05) is 37.6 Å². The molecular formula is C16H20ClNO6. The summed E-state index contributed by atoms with van der Waals surface area (Å²) in [6, 6.07) is 6.48. The van der Waals surface area contributed by atoms with Crippen LogP contribution in [-0.4, -0.2) is 36.5 Å². The van der Waals surface area contributed by atoms with Gasteiger partial charge in [-0.2, -0.15) is 0 Å². The number of carbonyl (C=O) groups excluding carboxylic acids is 2. The maximum Gasteiger partial charge on any atom is 0.410 e. The van der Waals surface area contributed by atoms with Crippen LogP contribution in [0, 0.1) is 5.92 Å². The zero-order valence-electron chi connectivity index (χ0n) is 13.5. The van der Waals surface area contributed by atoms with Gasteiger partial charge in [0, 0.05) is 11.6 Å². The van der Waals surface area contributed by atoms with E-state index in [2.05, 4.69) is 10.1 Å². The van der Waals surface area contributed by atoms with Crippen molar-refractivity contribution in [3.63, 3.8) is 0 Å². The standard InChI is InChI=1S/C16H20ClNO6/c1-10(2)15(21)23-9-24-16(22)18-8-7-13(14(19)20)11-3-5-12(17)6-4-11/h3-6,10,13H,7-9H2,1-2H3,(H,18,22)(H,19,20). The van der Waals surface area contributed by atoms with Crippen LogP contribution in [0.3, 0.4) is 0 Å². The van der Waals surface area contributed by atoms with Gasteiger partial charge in [-0.15, -0.1) is 0 Å². The highest BCUT2D eigenvalue weighted by Gasteiger charge is 2.20. The monoisotopic (exact) mass is 357 g/mol. The first-order valence-electron chi connectivity index (χ1n) is 7.36. The van der Waals surface area contributed by atoms with E-state index in [4.69, 9.17) is 16.3 Å². The number of halogens is 1. The summed E-state index contributed by atoms with van der Waals surface area (Å²) >= 11 is 5.78. The highest BCUT2D eigenvalue weighted by atomic mass is 35.5. The highest BCUT2D eigenvalue weighted by molar-refractivity contribution is 6.30. The van der Waals surface area contributed by atoms with Crippen LogP contribution >= 0.6 is 11.6 Å². The van der Waals surface area contributed by atoms with Crippen LogP contribution in [0.25, 0.3) is 0 Å². The molecule has 1 aromatic carbocycles. The van der Waals surface area contributed by atoms with Gasteiger partial charge in [0.2, 0.25) is 6.79 Å². The molecule has 0 saturated heterocycles. The normalized spacial score (nSPS) is 11.7. The molecule has 0 saturated carbocycles. The second-order valence-electron chi connectivity index (χ2n) is 5.33. The van der Waals surface area contributed by atoms with Crippen LogP contribution in [0.2, 0.25) is 5.02 Å². The Morgan fingerprint density at radius 1 is 1.17 bits per heavy atom. The van der Waals surface area contributed by atoms with Gasteiger partial charge in [0.05, 0.1) is 11.8 Å². The molecule has 0 aliphatic heterocycles. The first kappa shape index (κ1) is 19.8. The van der Waals surface area contributed by atoms with Crippen molar-refractivity contribution in [3.8, 4) is 0 Å². The first-order valence-corrected chi connectivity index (χ1v) is 7.74. The molecule has 1 unspecified atom stereocenters. The number of hydrogen-bond acceptors (Lipinski definition) is 5. The second-order valence-corrected chi connectivity index (χ2v) is 5.76. The number of nitrogens with one attached hydrogen (secondary N) is 1. The summed E-state index contributed by atoms with van der Waals surface area (Å²) in [5.74, 6) is -2.57. The van der Waals surface area contributed by atoms with Gasteiger partial charge >= 0.3 is 18.0 Å². The largest absolute Gasteiger partial charge is 0.481 e. The maximum atomic E-state index is 11.4. The third kappa shape index (κ3) is 6.87. The van der Waals surface area contributed by atoms with Crippen LogP contribution in [0.5, 0.6) is 0 Å². The SMILES string of the molecule is CC(C)C(=O)OCOC(=O)NCCC(C(=O)O)c1ccc(Cl)cc1. The van der Waals surface area contributed by atoms with E-state index >= 15 is 0 Å². The number of carboxylic acid groups (broad SMARTS) is 1. The fourth-order valence-electron chi connectivity index (χ4n) is 1.81. The topological polar surface area (TPSA) is 102 Å². The Balaban J connectivity index is 2.37. The molecule has 2 N–H and O–H groups in total. The van der Waals surface area contributed by atoms with E-state index in [1.807, 2.05) is 0 Å². The highest BCUT2D eigenvalue weighted by Crippen LogP contribution is 2.21. The molecule has 0 fully saturated rings. The fourth-order valence-corrected chi connectivity index (χ4v) is 1.93. The Morgan fingerprint density at radius 3 is 2.33 bits per heavy atom. The lowest BCUT2D eigenvalue weighted by molar-refractivity contribution is -0.155. The Labute approximate surface area is 144 Å². The van der Waals surface area contributed by atoms with Crippen molar-refractivity contribution in [2.45, 2.75) is 26.2 Å². The number of aliphatic carboxylic acids is 1. The Morgan fingerprint density at radius 2 is 1.79 bits per heavy atom. The minimum Gasteiger partial charge on any atom is -0.481 e. The van der Waals surface area contributed by atoms with Gasteiger partial charge < -0.3 is 19.9 Å². The minimum absolute atomic E-state index is 0.0938. The van der Waals surface area contributed by atoms with Crippen molar-refractivity contribution in [1.29, 1.82) is 0 Å². The number of ether oxygens (including phenoxy) is 2. The lowest BCUT2D eigenvalue weighted by Gasteiger charge is -2.13. The van der Waals surface area contributed by atoms with Crippen LogP contribution in [0.4, 0.5) is 4.79 Å². The molecule has 1 aromatic rings. The predicted molar refractivity (Wildman–Crippen MR) is 86.7 cm³/mol. The average molecular weight is 358 g/mol. The zero-order chi connectivity index (χ0) is 18.1. The summed E-state index contributed by atoms with van der Waals surface area (Å²) in [7, 11) is 0. The van der Waals surface area contributed by atoms with E-state index in [0.717, 1.165) is 0 Å². The van der Waals surface area contributed by atoms with Crippen LogP contribution in [0.1, 0.15) is 31.7 Å². The lowest BCUT2D eigenvalue weighted by atomic mass is 9.96. The average Bonchev–Trinajstić information content (AvgIpc) is 2.52. The smallest absolute Gasteiger partial charge is 0.410 e. The summed E-state index contributed by atoms with van der Waals surface area (Å²) in [5.41, 5.74) is 0.591. The first-order chi connectivity index (χ1) is 11.3. The molecule has 1 amide bonds. The molecule has 0 bridgehead atoms. The number of hydrogen-bond donors (Lipinski definition) is 2. The molecule has 24 heavy (non-hydrogen) atoms. The molecule has 0 spiro atoms. The van der Waals surface area contributed by atoms with Gasteiger partial charge in [0.15, 0.2) is 0 Å². The van der Waals surface area contributed by atoms with Crippen molar-refractivity contribution in [3.05, 3.63) is 34.9 Å².